The topological polar surface area (TPSA) is 64.4 Å². The summed E-state index contributed by atoms with van der Waals surface area (Å²) in [6, 6.07) is 0. The van der Waals surface area contributed by atoms with Crippen LogP contribution >= 0.6 is 0 Å². The number of likely N-dealkylation sites (tertiary alicyclic amines) is 1. The molecule has 0 atom stereocenters. The van der Waals surface area contributed by atoms with Crippen molar-refractivity contribution < 1.29 is 9.53 Å². The number of carbonyl (C=O) groups is 1. The lowest BCUT2D eigenvalue weighted by Crippen LogP contribution is -2.51. The first-order valence-electron chi connectivity index (χ1n) is 6.26. The van der Waals surface area contributed by atoms with Gasteiger partial charge in [0.15, 0.2) is 0 Å². The van der Waals surface area contributed by atoms with Crippen LogP contribution in [-0.2, 0) is 11.8 Å². The quantitative estimate of drug-likeness (QED) is 0.763. The molecule has 1 aliphatic rings. The van der Waals surface area contributed by atoms with Gasteiger partial charge in [-0.05, 0) is 20.8 Å². The smallest absolute Gasteiger partial charge is 0.410 e. The maximum Gasteiger partial charge on any atom is 0.410 e. The highest BCUT2D eigenvalue weighted by molar-refractivity contribution is 5.69. The first kappa shape index (κ1) is 13.6. The van der Waals surface area contributed by atoms with E-state index in [2.05, 4.69) is 4.98 Å². The van der Waals surface area contributed by atoms with E-state index < -0.39 is 5.60 Å². The maximum absolute atomic E-state index is 11.9. The van der Waals surface area contributed by atoms with Gasteiger partial charge in [0.2, 0.25) is 0 Å². The third kappa shape index (κ3) is 2.94. The van der Waals surface area contributed by atoms with Crippen LogP contribution in [0, 0.1) is 0 Å². The Balaban J connectivity index is 1.98. The van der Waals surface area contributed by atoms with Crippen LogP contribution in [0.1, 0.15) is 32.3 Å². The molecule has 19 heavy (non-hydrogen) atoms. The van der Waals surface area contributed by atoms with Gasteiger partial charge in [-0.15, -0.1) is 0 Å². The van der Waals surface area contributed by atoms with Crippen molar-refractivity contribution in [1.82, 2.24) is 14.5 Å². The van der Waals surface area contributed by atoms with Crippen LogP contribution in [0.15, 0.2) is 17.3 Å². The Bertz CT molecular complexity index is 539. The number of carbonyl (C=O) groups excluding carboxylic acids is 1. The predicted octanol–water partition coefficient (Wildman–Crippen LogP) is 1.11. The molecule has 1 fully saturated rings. The van der Waals surface area contributed by atoms with E-state index in [1.165, 1.54) is 10.9 Å². The Morgan fingerprint density at radius 1 is 1.42 bits per heavy atom. The van der Waals surface area contributed by atoms with Crippen LogP contribution in [0.5, 0.6) is 0 Å². The second-order valence-electron chi connectivity index (χ2n) is 5.85. The molecular weight excluding hydrogens is 246 g/mol. The molecule has 2 heterocycles. The lowest BCUT2D eigenvalue weighted by molar-refractivity contribution is 0.00803. The number of ether oxygens (including phenoxy) is 1. The molecule has 0 bridgehead atoms. The highest BCUT2D eigenvalue weighted by Crippen LogP contribution is 2.25. The van der Waals surface area contributed by atoms with E-state index in [1.54, 1.807) is 18.1 Å². The van der Waals surface area contributed by atoms with Crippen LogP contribution in [0.25, 0.3) is 0 Å². The van der Waals surface area contributed by atoms with E-state index in [4.69, 9.17) is 4.74 Å². The zero-order valence-electron chi connectivity index (χ0n) is 11.7. The van der Waals surface area contributed by atoms with E-state index in [9.17, 15) is 9.59 Å². The van der Waals surface area contributed by atoms with E-state index >= 15 is 0 Å². The largest absolute Gasteiger partial charge is 0.444 e. The normalized spacial score (nSPS) is 16.1. The fraction of sp³-hybridized carbons (Fsp3) is 0.615. The second-order valence-corrected chi connectivity index (χ2v) is 5.85. The molecule has 0 aliphatic carbocycles. The Labute approximate surface area is 112 Å². The van der Waals surface area contributed by atoms with Gasteiger partial charge in [-0.25, -0.2) is 9.78 Å². The van der Waals surface area contributed by atoms with Crippen molar-refractivity contribution in [1.29, 1.82) is 0 Å². The molecule has 0 saturated carbocycles. The molecule has 104 valence electrons. The van der Waals surface area contributed by atoms with Crippen molar-refractivity contribution in [3.63, 3.8) is 0 Å². The van der Waals surface area contributed by atoms with E-state index in [-0.39, 0.29) is 17.6 Å². The van der Waals surface area contributed by atoms with Gasteiger partial charge >= 0.3 is 6.09 Å². The minimum atomic E-state index is -0.493. The van der Waals surface area contributed by atoms with Gasteiger partial charge in [0.1, 0.15) is 5.60 Å². The Morgan fingerprint density at radius 3 is 2.63 bits per heavy atom. The number of rotatable bonds is 1. The summed E-state index contributed by atoms with van der Waals surface area (Å²) in [4.78, 5) is 29.3. The maximum atomic E-state index is 11.9. The van der Waals surface area contributed by atoms with Gasteiger partial charge in [0, 0.05) is 37.8 Å². The van der Waals surface area contributed by atoms with Gasteiger partial charge < -0.3 is 14.2 Å². The Kier molecular flexibility index (Phi) is 3.34. The predicted molar refractivity (Wildman–Crippen MR) is 70.0 cm³/mol. The summed E-state index contributed by atoms with van der Waals surface area (Å²) in [6.07, 6.45) is 2.74. The van der Waals surface area contributed by atoms with Crippen LogP contribution in [0.4, 0.5) is 4.79 Å². The lowest BCUT2D eigenvalue weighted by Gasteiger charge is -2.39. The van der Waals surface area contributed by atoms with E-state index in [1.807, 2.05) is 20.8 Å². The summed E-state index contributed by atoms with van der Waals surface area (Å²) < 4.78 is 6.72. The fourth-order valence-electron chi connectivity index (χ4n) is 1.96. The van der Waals surface area contributed by atoms with Crippen LogP contribution in [0.2, 0.25) is 0 Å². The average Bonchev–Trinajstić information content (AvgIpc) is 2.19. The molecule has 2 rings (SSSR count). The second kappa shape index (κ2) is 4.68. The number of aryl methyl sites for hydroxylation is 1. The van der Waals surface area contributed by atoms with Crippen molar-refractivity contribution >= 4 is 6.09 Å². The molecule has 6 heteroatoms. The van der Waals surface area contributed by atoms with Gasteiger partial charge in [-0.3, -0.25) is 4.79 Å². The minimum absolute atomic E-state index is 0.0520. The Hall–Kier alpha value is -1.85. The molecule has 1 saturated heterocycles. The highest BCUT2D eigenvalue weighted by Gasteiger charge is 2.36. The monoisotopic (exact) mass is 265 g/mol. The first-order valence-corrected chi connectivity index (χ1v) is 6.26. The number of aromatic nitrogens is 2. The Morgan fingerprint density at radius 2 is 2.05 bits per heavy atom. The summed E-state index contributed by atoms with van der Waals surface area (Å²) >= 11 is 0. The zero-order chi connectivity index (χ0) is 14.2. The zero-order valence-corrected chi connectivity index (χ0v) is 11.7. The molecule has 1 aromatic rings. The van der Waals surface area contributed by atoms with Gasteiger partial charge in [-0.2, -0.15) is 0 Å². The van der Waals surface area contributed by atoms with Gasteiger partial charge in [0.25, 0.3) is 5.56 Å². The number of nitrogens with zero attached hydrogens (tertiary/aromatic N) is 3. The molecule has 6 nitrogen and oxygen atoms in total. The van der Waals surface area contributed by atoms with E-state index in [0.29, 0.717) is 18.7 Å². The molecule has 1 aliphatic heterocycles. The fourth-order valence-corrected chi connectivity index (χ4v) is 1.96. The summed E-state index contributed by atoms with van der Waals surface area (Å²) in [6.45, 7) is 6.52. The van der Waals surface area contributed by atoms with Crippen LogP contribution in [0.3, 0.4) is 0 Å². The SMILES string of the molecule is Cn1cncc(C2CN(C(=O)OC(C)(C)C)C2)c1=O. The van der Waals surface area contributed by atoms with Gasteiger partial charge in [-0.1, -0.05) is 0 Å². The van der Waals surface area contributed by atoms with E-state index in [0.717, 1.165) is 0 Å². The van der Waals surface area contributed by atoms with Crippen molar-refractivity contribution in [3.05, 3.63) is 28.4 Å². The molecule has 0 radical (unpaired) electrons. The average molecular weight is 265 g/mol. The van der Waals surface area contributed by atoms with Crippen molar-refractivity contribution in [3.8, 4) is 0 Å². The van der Waals surface area contributed by atoms with Crippen molar-refractivity contribution in [2.24, 2.45) is 7.05 Å². The summed E-state index contributed by atoms with van der Waals surface area (Å²) in [5.41, 5.74) is 0.112. The lowest BCUT2D eigenvalue weighted by atomic mass is 9.94. The first-order chi connectivity index (χ1) is 8.78. The summed E-state index contributed by atoms with van der Waals surface area (Å²) in [7, 11) is 1.67. The van der Waals surface area contributed by atoms with Crippen LogP contribution in [-0.4, -0.2) is 39.2 Å². The molecule has 0 aromatic carbocycles. The third-order valence-corrected chi connectivity index (χ3v) is 2.99. The molecule has 0 spiro atoms. The number of amides is 1. The van der Waals surface area contributed by atoms with Crippen molar-refractivity contribution in [2.45, 2.75) is 32.3 Å². The van der Waals surface area contributed by atoms with Crippen molar-refractivity contribution in [2.75, 3.05) is 13.1 Å². The standard InChI is InChI=1S/C13H19N3O3/c1-13(2,3)19-12(18)16-6-9(7-16)10-5-14-8-15(4)11(10)17/h5,8-9H,6-7H2,1-4H3. The number of hydrogen-bond donors (Lipinski definition) is 0. The third-order valence-electron chi connectivity index (χ3n) is 2.99. The minimum Gasteiger partial charge on any atom is -0.444 e. The van der Waals surface area contributed by atoms with Gasteiger partial charge in [0.05, 0.1) is 6.33 Å². The molecule has 1 aromatic heterocycles. The number of hydrogen-bond acceptors (Lipinski definition) is 4. The summed E-state index contributed by atoms with van der Waals surface area (Å²) in [5.74, 6) is 0.0555. The van der Waals surface area contributed by atoms with Crippen LogP contribution < -0.4 is 5.56 Å². The summed E-state index contributed by atoms with van der Waals surface area (Å²) in [5, 5.41) is 0. The molecule has 0 N–H and O–H groups in total. The highest BCUT2D eigenvalue weighted by atomic mass is 16.6. The molecule has 1 amide bonds. The molecular formula is C13H19N3O3. The molecule has 0 unspecified atom stereocenters.